The first-order valence-electron chi connectivity index (χ1n) is 11.8. The lowest BCUT2D eigenvalue weighted by Gasteiger charge is -2.57. The Morgan fingerprint density at radius 1 is 1.03 bits per heavy atom. The summed E-state index contributed by atoms with van der Waals surface area (Å²) >= 11 is 0. The highest BCUT2D eigenvalue weighted by Crippen LogP contribution is 2.55. The monoisotopic (exact) mass is 447 g/mol. The molecule has 5 aliphatic rings. The van der Waals surface area contributed by atoms with Crippen LogP contribution in [0.1, 0.15) is 63.0 Å². The summed E-state index contributed by atoms with van der Waals surface area (Å²) in [5.41, 5.74) is 0.144. The van der Waals surface area contributed by atoms with E-state index in [1.54, 1.807) is 4.68 Å². The Hall–Kier alpha value is -2.32. The van der Waals surface area contributed by atoms with E-state index in [0.29, 0.717) is 31.4 Å². The quantitative estimate of drug-likeness (QED) is 0.722. The number of likely N-dealkylation sites (tertiary alicyclic amines) is 1. The molecule has 5 fully saturated rings. The van der Waals surface area contributed by atoms with Gasteiger partial charge in [-0.05, 0) is 87.3 Å². The smallest absolute Gasteiger partial charge is 0.333 e. The first-order valence-corrected chi connectivity index (χ1v) is 11.8. The fourth-order valence-corrected chi connectivity index (χ4v) is 7.27. The molecule has 2 amide bonds. The third kappa shape index (κ3) is 3.44. The van der Waals surface area contributed by atoms with Crippen LogP contribution in [0.25, 0.3) is 11.0 Å². The van der Waals surface area contributed by atoms with Gasteiger partial charge in [-0.3, -0.25) is 0 Å². The molecule has 6 nitrogen and oxygen atoms in total. The van der Waals surface area contributed by atoms with Gasteiger partial charge in [-0.1, -0.05) is 5.21 Å². The van der Waals surface area contributed by atoms with Crippen molar-refractivity contribution in [3.05, 3.63) is 23.8 Å². The maximum atomic E-state index is 13.1. The van der Waals surface area contributed by atoms with Gasteiger partial charge in [0.25, 0.3) is 0 Å². The van der Waals surface area contributed by atoms with Crippen LogP contribution in [0.4, 0.5) is 18.0 Å². The number of nitrogens with one attached hydrogen (secondary N) is 1. The van der Waals surface area contributed by atoms with Crippen molar-refractivity contribution in [3.8, 4) is 0 Å². The van der Waals surface area contributed by atoms with Gasteiger partial charge in [-0.25, -0.2) is 9.48 Å². The number of nitrogens with zero attached hydrogens (tertiary/aromatic N) is 4. The number of alkyl halides is 3. The number of piperidine rings is 1. The van der Waals surface area contributed by atoms with E-state index in [0.717, 1.165) is 49.1 Å². The summed E-state index contributed by atoms with van der Waals surface area (Å²) in [7, 11) is 0. The fourth-order valence-electron chi connectivity index (χ4n) is 7.27. The lowest BCUT2D eigenvalue weighted by Crippen LogP contribution is -2.62. The molecule has 0 unspecified atom stereocenters. The molecule has 4 saturated carbocycles. The molecular weight excluding hydrogens is 419 g/mol. The number of fused-ring (bicyclic) bond motifs is 1. The van der Waals surface area contributed by atoms with E-state index in [4.69, 9.17) is 0 Å². The molecule has 0 spiro atoms. The van der Waals surface area contributed by atoms with Gasteiger partial charge in [-0.2, -0.15) is 13.2 Å². The zero-order valence-electron chi connectivity index (χ0n) is 17.9. The molecule has 172 valence electrons. The van der Waals surface area contributed by atoms with Crippen molar-refractivity contribution in [2.75, 3.05) is 13.1 Å². The zero-order chi connectivity index (χ0) is 22.1. The molecule has 32 heavy (non-hydrogen) atoms. The number of hydrogen-bond acceptors (Lipinski definition) is 3. The predicted molar refractivity (Wildman–Crippen MR) is 112 cm³/mol. The summed E-state index contributed by atoms with van der Waals surface area (Å²) in [4.78, 5) is 15.0. The van der Waals surface area contributed by atoms with Crippen molar-refractivity contribution in [3.63, 3.8) is 0 Å². The summed E-state index contributed by atoms with van der Waals surface area (Å²) in [6.07, 6.45) is 4.46. The zero-order valence-corrected chi connectivity index (χ0v) is 17.9. The van der Waals surface area contributed by atoms with Crippen molar-refractivity contribution in [2.24, 2.45) is 17.8 Å². The first-order chi connectivity index (χ1) is 15.3. The molecule has 4 aliphatic carbocycles. The molecule has 9 heteroatoms. The SMILES string of the molecule is O=C(NC12CC3CC(CC(C3)C1)C2)N1CCC(n2nnc3cc(C(F)(F)F)ccc32)CC1. The van der Waals surface area contributed by atoms with Gasteiger partial charge in [0, 0.05) is 18.6 Å². The number of rotatable bonds is 2. The Balaban J connectivity index is 1.11. The molecular formula is C23H28F3N5O. The number of amides is 2. The molecule has 1 N–H and O–H groups in total. The Morgan fingerprint density at radius 3 is 2.25 bits per heavy atom. The number of urea groups is 1. The number of carbonyl (C=O) groups is 1. The topological polar surface area (TPSA) is 63.1 Å². The Kier molecular flexibility index (Phi) is 4.50. The van der Waals surface area contributed by atoms with Gasteiger partial charge in [0.15, 0.2) is 0 Å². The molecule has 0 atom stereocenters. The number of halogens is 3. The van der Waals surface area contributed by atoms with Crippen molar-refractivity contribution in [1.29, 1.82) is 0 Å². The highest BCUT2D eigenvalue weighted by Gasteiger charge is 2.52. The van der Waals surface area contributed by atoms with Crippen molar-refractivity contribution < 1.29 is 18.0 Å². The second-order valence-corrected chi connectivity index (χ2v) is 10.6. The second-order valence-electron chi connectivity index (χ2n) is 10.6. The van der Waals surface area contributed by atoms with Crippen LogP contribution in [-0.4, -0.2) is 44.6 Å². The van der Waals surface area contributed by atoms with E-state index in [1.807, 2.05) is 4.90 Å². The largest absolute Gasteiger partial charge is 0.416 e. The van der Waals surface area contributed by atoms with E-state index in [9.17, 15) is 18.0 Å². The van der Waals surface area contributed by atoms with Gasteiger partial charge < -0.3 is 10.2 Å². The Morgan fingerprint density at radius 2 is 1.66 bits per heavy atom. The van der Waals surface area contributed by atoms with Crippen LogP contribution in [0.5, 0.6) is 0 Å². The summed E-state index contributed by atoms with van der Waals surface area (Å²) in [5, 5.41) is 11.5. The summed E-state index contributed by atoms with van der Waals surface area (Å²) in [6.45, 7) is 1.23. The van der Waals surface area contributed by atoms with Crippen LogP contribution < -0.4 is 5.32 Å². The molecule has 4 bridgehead atoms. The third-order valence-electron chi connectivity index (χ3n) is 8.31. The van der Waals surface area contributed by atoms with Crippen molar-refractivity contribution in [1.82, 2.24) is 25.2 Å². The van der Waals surface area contributed by atoms with Crippen LogP contribution in [0.2, 0.25) is 0 Å². The minimum absolute atomic E-state index is 0.000970. The van der Waals surface area contributed by atoms with Gasteiger partial charge in [0.1, 0.15) is 5.52 Å². The van der Waals surface area contributed by atoms with Crippen molar-refractivity contribution in [2.45, 2.75) is 69.1 Å². The molecule has 1 aromatic heterocycles. The predicted octanol–water partition coefficient (Wildman–Crippen LogP) is 4.77. The molecule has 2 aromatic rings. The Bertz CT molecular complexity index is 1000. The summed E-state index contributed by atoms with van der Waals surface area (Å²) in [5.74, 6) is 2.35. The number of hydrogen-bond donors (Lipinski definition) is 1. The van der Waals surface area contributed by atoms with Crippen LogP contribution in [0.3, 0.4) is 0 Å². The minimum atomic E-state index is -4.40. The fraction of sp³-hybridized carbons (Fsp3) is 0.696. The average molecular weight is 448 g/mol. The maximum absolute atomic E-state index is 13.1. The average Bonchev–Trinajstić information content (AvgIpc) is 3.15. The number of benzene rings is 1. The molecule has 7 rings (SSSR count). The summed E-state index contributed by atoms with van der Waals surface area (Å²) in [6, 6.07) is 3.65. The number of carbonyl (C=O) groups excluding carboxylic acids is 1. The molecule has 0 radical (unpaired) electrons. The standard InChI is InChI=1S/C23H28F3N5O/c24-23(25,26)17-1-2-20-19(10-17)28-29-31(20)18-3-5-30(6-4-18)21(32)27-22-11-14-7-15(12-22)9-16(8-14)13-22/h1-2,10,14-16,18H,3-9,11-13H2,(H,27,32). The lowest BCUT2D eigenvalue weighted by molar-refractivity contribution is -0.137. The van der Waals surface area contributed by atoms with Gasteiger partial charge in [0.2, 0.25) is 0 Å². The second kappa shape index (κ2) is 7.09. The van der Waals surface area contributed by atoms with Crippen LogP contribution in [0.15, 0.2) is 18.2 Å². The van der Waals surface area contributed by atoms with E-state index >= 15 is 0 Å². The molecule has 1 saturated heterocycles. The third-order valence-corrected chi connectivity index (χ3v) is 8.31. The maximum Gasteiger partial charge on any atom is 0.416 e. The normalized spacial score (nSPS) is 32.6. The van der Waals surface area contributed by atoms with Gasteiger partial charge in [0.05, 0.1) is 17.1 Å². The first kappa shape index (κ1) is 20.3. The van der Waals surface area contributed by atoms with Gasteiger partial charge >= 0.3 is 12.2 Å². The molecule has 1 aromatic carbocycles. The van der Waals surface area contributed by atoms with Crippen molar-refractivity contribution >= 4 is 17.1 Å². The van der Waals surface area contributed by atoms with E-state index < -0.39 is 11.7 Å². The molecule has 2 heterocycles. The highest BCUT2D eigenvalue weighted by atomic mass is 19.4. The van der Waals surface area contributed by atoms with E-state index in [2.05, 4.69) is 15.6 Å². The van der Waals surface area contributed by atoms with Crippen LogP contribution >= 0.6 is 0 Å². The minimum Gasteiger partial charge on any atom is -0.333 e. The summed E-state index contributed by atoms with van der Waals surface area (Å²) < 4.78 is 40.6. The number of aromatic nitrogens is 3. The van der Waals surface area contributed by atoms with Gasteiger partial charge in [-0.15, -0.1) is 5.10 Å². The highest BCUT2D eigenvalue weighted by molar-refractivity contribution is 5.76. The molecule has 1 aliphatic heterocycles. The van der Waals surface area contributed by atoms with E-state index in [1.165, 1.54) is 25.3 Å². The van der Waals surface area contributed by atoms with E-state index in [-0.39, 0.29) is 23.1 Å². The Labute approximate surface area is 184 Å². The van der Waals surface area contributed by atoms with Crippen LogP contribution in [-0.2, 0) is 6.18 Å². The lowest BCUT2D eigenvalue weighted by atomic mass is 9.53. The van der Waals surface area contributed by atoms with Crippen LogP contribution in [0, 0.1) is 17.8 Å².